The van der Waals surface area contributed by atoms with Crippen LogP contribution in [-0.2, 0) is 25.6 Å². The van der Waals surface area contributed by atoms with Gasteiger partial charge in [-0.05, 0) is 29.8 Å². The van der Waals surface area contributed by atoms with E-state index in [0.29, 0.717) is 5.56 Å². The Morgan fingerprint density at radius 1 is 1.04 bits per heavy atom. The van der Waals surface area contributed by atoms with Crippen LogP contribution < -0.4 is 4.72 Å². The first-order valence-corrected chi connectivity index (χ1v) is 10.2. The van der Waals surface area contributed by atoms with Crippen LogP contribution in [0.15, 0.2) is 47.4 Å². The Morgan fingerprint density at radius 3 is 2.22 bits per heavy atom. The third kappa shape index (κ3) is 4.66. The Balaban J connectivity index is 2.26. The van der Waals surface area contributed by atoms with Gasteiger partial charge >= 0.3 is 0 Å². The van der Waals surface area contributed by atoms with Crippen LogP contribution in [0, 0.1) is 5.82 Å². The molecule has 0 aliphatic rings. The molecule has 0 aromatic heterocycles. The highest BCUT2D eigenvalue weighted by Gasteiger charge is 2.20. The molecule has 0 aliphatic heterocycles. The number of anilines is 1. The minimum absolute atomic E-state index is 0.150. The quantitative estimate of drug-likeness (QED) is 0.868. The van der Waals surface area contributed by atoms with Crippen LogP contribution in [0.2, 0.25) is 5.02 Å². The first kappa shape index (κ1) is 17.7. The summed E-state index contributed by atoms with van der Waals surface area (Å²) in [6.07, 6.45) is 1.10. The van der Waals surface area contributed by atoms with Gasteiger partial charge in [-0.1, -0.05) is 29.8 Å². The van der Waals surface area contributed by atoms with Crippen LogP contribution in [0.25, 0.3) is 0 Å². The highest BCUT2D eigenvalue weighted by Crippen LogP contribution is 2.24. The number of nitrogens with one attached hydrogen (secondary N) is 1. The van der Waals surface area contributed by atoms with Crippen LogP contribution in [0.5, 0.6) is 0 Å². The maximum atomic E-state index is 13.8. The summed E-state index contributed by atoms with van der Waals surface area (Å²) >= 11 is 5.58. The first-order valence-electron chi connectivity index (χ1n) is 6.32. The van der Waals surface area contributed by atoms with Crippen molar-refractivity contribution >= 4 is 37.1 Å². The van der Waals surface area contributed by atoms with Gasteiger partial charge < -0.3 is 0 Å². The van der Waals surface area contributed by atoms with E-state index < -0.39 is 30.6 Å². The molecule has 124 valence electrons. The van der Waals surface area contributed by atoms with E-state index in [1.807, 2.05) is 0 Å². The van der Waals surface area contributed by atoms with Gasteiger partial charge in [-0.25, -0.2) is 21.2 Å². The fraction of sp³-hybridized carbons (Fsp3) is 0.143. The predicted octanol–water partition coefficient (Wildman–Crippen LogP) is 2.82. The van der Waals surface area contributed by atoms with Gasteiger partial charge in [0.15, 0.2) is 15.7 Å². The minimum atomic E-state index is -4.14. The van der Waals surface area contributed by atoms with Crippen LogP contribution in [-0.4, -0.2) is 23.1 Å². The summed E-state index contributed by atoms with van der Waals surface area (Å²) in [7, 11) is -7.32. The van der Waals surface area contributed by atoms with Crippen molar-refractivity contribution < 1.29 is 21.2 Å². The molecule has 0 fully saturated rings. The van der Waals surface area contributed by atoms with E-state index in [2.05, 4.69) is 4.72 Å². The first-order chi connectivity index (χ1) is 10.6. The van der Waals surface area contributed by atoms with Gasteiger partial charge in [0.2, 0.25) is 0 Å². The molecule has 23 heavy (non-hydrogen) atoms. The fourth-order valence-corrected chi connectivity index (χ4v) is 4.06. The Morgan fingerprint density at radius 2 is 1.65 bits per heavy atom. The van der Waals surface area contributed by atoms with E-state index >= 15 is 0 Å². The van der Waals surface area contributed by atoms with Crippen LogP contribution in [0.1, 0.15) is 5.56 Å². The summed E-state index contributed by atoms with van der Waals surface area (Å²) in [6.45, 7) is 0. The van der Waals surface area contributed by atoms with E-state index in [-0.39, 0.29) is 16.5 Å². The molecule has 0 saturated carbocycles. The summed E-state index contributed by atoms with van der Waals surface area (Å²) in [5, 5.41) is -0.295. The lowest BCUT2D eigenvalue weighted by Gasteiger charge is -2.10. The summed E-state index contributed by atoms with van der Waals surface area (Å²) in [5.41, 5.74) is 0.700. The molecule has 5 nitrogen and oxygen atoms in total. The minimum Gasteiger partial charge on any atom is -0.280 e. The molecule has 0 radical (unpaired) electrons. The van der Waals surface area contributed by atoms with E-state index in [4.69, 9.17) is 11.6 Å². The topological polar surface area (TPSA) is 80.3 Å². The summed E-state index contributed by atoms with van der Waals surface area (Å²) < 4.78 is 62.8. The number of hydrogen-bond acceptors (Lipinski definition) is 4. The van der Waals surface area contributed by atoms with Crippen molar-refractivity contribution in [1.82, 2.24) is 0 Å². The zero-order valence-electron chi connectivity index (χ0n) is 12.0. The zero-order valence-corrected chi connectivity index (χ0v) is 14.3. The van der Waals surface area contributed by atoms with Gasteiger partial charge in [0.25, 0.3) is 10.0 Å². The largest absolute Gasteiger partial charge is 0.280 e. The number of halogens is 2. The Bertz CT molecular complexity index is 926. The van der Waals surface area contributed by atoms with Gasteiger partial charge in [0.1, 0.15) is 4.90 Å². The third-order valence-electron chi connectivity index (χ3n) is 2.84. The highest BCUT2D eigenvalue weighted by atomic mass is 35.5. The molecule has 0 bridgehead atoms. The zero-order chi connectivity index (χ0) is 17.3. The molecular weight excluding hydrogens is 365 g/mol. The maximum absolute atomic E-state index is 13.8. The SMILES string of the molecule is CS(=O)(=O)Cc1ccc(NS(=O)(=O)c2cccc(Cl)c2F)cc1. The van der Waals surface area contributed by atoms with E-state index in [1.54, 1.807) is 0 Å². The monoisotopic (exact) mass is 377 g/mol. The second kappa shape index (κ2) is 6.46. The molecule has 0 spiro atoms. The molecule has 2 aromatic rings. The van der Waals surface area contributed by atoms with Crippen LogP contribution >= 0.6 is 11.6 Å². The van der Waals surface area contributed by atoms with Crippen molar-refractivity contribution in [3.8, 4) is 0 Å². The molecule has 0 saturated heterocycles. The normalized spacial score (nSPS) is 12.1. The van der Waals surface area contributed by atoms with Crippen molar-refractivity contribution in [2.75, 3.05) is 11.0 Å². The molecule has 0 amide bonds. The van der Waals surface area contributed by atoms with Gasteiger partial charge in [0, 0.05) is 11.9 Å². The van der Waals surface area contributed by atoms with Crippen molar-refractivity contribution in [1.29, 1.82) is 0 Å². The second-order valence-corrected chi connectivity index (χ2v) is 9.12. The highest BCUT2D eigenvalue weighted by molar-refractivity contribution is 7.92. The van der Waals surface area contributed by atoms with Crippen molar-refractivity contribution in [3.63, 3.8) is 0 Å². The molecule has 0 aliphatic carbocycles. The van der Waals surface area contributed by atoms with Crippen molar-refractivity contribution in [2.24, 2.45) is 0 Å². The van der Waals surface area contributed by atoms with Gasteiger partial charge in [0.05, 0.1) is 10.8 Å². The van der Waals surface area contributed by atoms with Gasteiger partial charge in [-0.2, -0.15) is 0 Å². The van der Waals surface area contributed by atoms with E-state index in [0.717, 1.165) is 12.3 Å². The molecule has 0 unspecified atom stereocenters. The third-order valence-corrected chi connectivity index (χ3v) is 5.39. The molecule has 1 N–H and O–H groups in total. The number of sulfone groups is 1. The fourth-order valence-electron chi connectivity index (χ4n) is 1.87. The number of sulfonamides is 1. The van der Waals surface area contributed by atoms with Gasteiger partial charge in [-0.3, -0.25) is 4.72 Å². The summed E-state index contributed by atoms with van der Waals surface area (Å²) in [5.74, 6) is -1.18. The molecule has 2 rings (SSSR count). The molecular formula is C14H13ClFNO4S2. The Labute approximate surface area is 139 Å². The molecule has 0 atom stereocenters. The average Bonchev–Trinajstić information content (AvgIpc) is 2.42. The van der Waals surface area contributed by atoms with Crippen molar-refractivity contribution in [3.05, 3.63) is 58.9 Å². The summed E-state index contributed by atoms with van der Waals surface area (Å²) in [4.78, 5) is -0.565. The maximum Gasteiger partial charge on any atom is 0.264 e. The van der Waals surface area contributed by atoms with Crippen molar-refractivity contribution in [2.45, 2.75) is 10.6 Å². The lowest BCUT2D eigenvalue weighted by Crippen LogP contribution is -2.14. The molecule has 9 heteroatoms. The standard InChI is InChI=1S/C14H13ClFNO4S2/c1-22(18,19)9-10-5-7-11(8-6-10)17-23(20,21)13-4-2-3-12(15)14(13)16/h2-8,17H,9H2,1H3. The van der Waals surface area contributed by atoms with Gasteiger partial charge in [-0.15, -0.1) is 0 Å². The van der Waals surface area contributed by atoms with Crippen LogP contribution in [0.3, 0.4) is 0 Å². The van der Waals surface area contributed by atoms with E-state index in [9.17, 15) is 21.2 Å². The second-order valence-electron chi connectivity index (χ2n) is 4.92. The number of benzene rings is 2. The Hall–Kier alpha value is -1.64. The average molecular weight is 378 g/mol. The smallest absolute Gasteiger partial charge is 0.264 e. The molecule has 2 aromatic carbocycles. The summed E-state index contributed by atoms with van der Waals surface area (Å²) in [6, 6.07) is 9.44. The lowest BCUT2D eigenvalue weighted by atomic mass is 10.2. The number of hydrogen-bond donors (Lipinski definition) is 1. The molecule has 0 heterocycles. The number of rotatable bonds is 5. The van der Waals surface area contributed by atoms with E-state index in [1.165, 1.54) is 36.4 Å². The van der Waals surface area contributed by atoms with Crippen LogP contribution in [0.4, 0.5) is 10.1 Å². The lowest BCUT2D eigenvalue weighted by molar-refractivity contribution is 0.570. The Kier molecular flexibility index (Phi) is 4.98. The predicted molar refractivity (Wildman–Crippen MR) is 87.2 cm³/mol.